The van der Waals surface area contributed by atoms with Crippen molar-refractivity contribution >= 4 is 38.9 Å². The first-order valence-corrected chi connectivity index (χ1v) is 13.8. The lowest BCUT2D eigenvalue weighted by atomic mass is 10.0. The van der Waals surface area contributed by atoms with Crippen LogP contribution >= 0.6 is 11.3 Å². The maximum Gasteiger partial charge on any atom is 0.259 e. The molecule has 10 heteroatoms. The number of hydrogen-bond donors (Lipinski definition) is 1. The van der Waals surface area contributed by atoms with Crippen molar-refractivity contribution in [1.29, 1.82) is 0 Å². The predicted molar refractivity (Wildman–Crippen MR) is 153 cm³/mol. The van der Waals surface area contributed by atoms with Gasteiger partial charge in [-0.3, -0.25) is 9.69 Å². The van der Waals surface area contributed by atoms with Gasteiger partial charge < -0.3 is 14.8 Å². The molecule has 1 saturated heterocycles. The molecule has 1 N–H and O–H groups in total. The Labute approximate surface area is 226 Å². The zero-order chi connectivity index (χ0) is 27.1. The fourth-order valence-electron chi connectivity index (χ4n) is 4.96. The Kier molecular flexibility index (Phi) is 7.19. The smallest absolute Gasteiger partial charge is 0.259 e. The quantitative estimate of drug-likeness (QED) is 0.359. The highest BCUT2D eigenvalue weighted by Gasteiger charge is 2.22. The second-order valence-electron chi connectivity index (χ2n) is 10.4. The fraction of sp³-hybridized carbons (Fsp3) is 0.429. The van der Waals surface area contributed by atoms with E-state index in [9.17, 15) is 4.79 Å². The summed E-state index contributed by atoms with van der Waals surface area (Å²) in [5.74, 6) is 0.518. The van der Waals surface area contributed by atoms with Gasteiger partial charge in [-0.05, 0) is 49.9 Å². The van der Waals surface area contributed by atoms with E-state index >= 15 is 4.39 Å². The molecule has 0 atom stereocenters. The molecule has 0 saturated carbocycles. The molecule has 1 aliphatic rings. The molecule has 0 unspecified atom stereocenters. The maximum atomic E-state index is 15.0. The number of aryl methyl sites for hydroxylation is 2. The second kappa shape index (κ2) is 10.4. The van der Waals surface area contributed by atoms with E-state index in [1.807, 2.05) is 31.5 Å². The number of piperazine rings is 1. The highest BCUT2D eigenvalue weighted by atomic mass is 32.1. The lowest BCUT2D eigenvalue weighted by Gasteiger charge is -2.38. The number of fused-ring (bicyclic) bond motifs is 1. The molecule has 0 bridgehead atoms. The van der Waals surface area contributed by atoms with Gasteiger partial charge in [0.15, 0.2) is 5.82 Å². The van der Waals surface area contributed by atoms with Crippen LogP contribution in [0.4, 0.5) is 21.8 Å². The third-order valence-corrected chi connectivity index (χ3v) is 8.60. The highest BCUT2D eigenvalue weighted by molar-refractivity contribution is 7.22. The normalized spacial score (nSPS) is 14.7. The zero-order valence-corrected chi connectivity index (χ0v) is 23.6. The van der Waals surface area contributed by atoms with Crippen LogP contribution in [0.3, 0.4) is 0 Å². The van der Waals surface area contributed by atoms with E-state index in [-0.39, 0.29) is 23.1 Å². The van der Waals surface area contributed by atoms with Gasteiger partial charge in [0.25, 0.3) is 5.56 Å². The van der Waals surface area contributed by atoms with E-state index in [1.165, 1.54) is 17.5 Å². The van der Waals surface area contributed by atoms with Crippen molar-refractivity contribution in [2.45, 2.75) is 46.6 Å². The predicted octanol–water partition coefficient (Wildman–Crippen LogP) is 5.30. The van der Waals surface area contributed by atoms with Crippen LogP contribution in [0, 0.1) is 12.7 Å². The average molecular weight is 536 g/mol. The van der Waals surface area contributed by atoms with Crippen molar-refractivity contribution in [3.05, 3.63) is 58.0 Å². The molecule has 4 aromatic heterocycles. The van der Waals surface area contributed by atoms with E-state index in [0.717, 1.165) is 47.7 Å². The fourth-order valence-corrected chi connectivity index (χ4v) is 6.41. The Morgan fingerprint density at radius 2 is 1.79 bits per heavy atom. The van der Waals surface area contributed by atoms with Crippen LogP contribution in [0.15, 0.2) is 35.5 Å². The van der Waals surface area contributed by atoms with Gasteiger partial charge >= 0.3 is 0 Å². The first kappa shape index (κ1) is 26.2. The molecule has 8 nitrogen and oxygen atoms in total. The Bertz CT molecular complexity index is 1520. The molecular formula is C28H34FN7OS. The van der Waals surface area contributed by atoms with E-state index < -0.39 is 5.82 Å². The Morgan fingerprint density at radius 1 is 1.05 bits per heavy atom. The number of nitrogens with zero attached hydrogens (tertiary/aromatic N) is 6. The Hall–Kier alpha value is -3.37. The van der Waals surface area contributed by atoms with Gasteiger partial charge in [-0.15, -0.1) is 11.3 Å². The number of anilines is 3. The molecule has 0 amide bonds. The van der Waals surface area contributed by atoms with Crippen LogP contribution in [0.25, 0.3) is 20.7 Å². The number of aromatic nitrogens is 4. The minimum atomic E-state index is -0.531. The Balaban J connectivity index is 1.41. The molecule has 1 fully saturated rings. The summed E-state index contributed by atoms with van der Waals surface area (Å²) in [5, 5.41) is 3.73. The molecule has 200 valence electrons. The van der Waals surface area contributed by atoms with Crippen LogP contribution in [-0.4, -0.2) is 56.6 Å². The molecule has 0 aliphatic carbocycles. The summed E-state index contributed by atoms with van der Waals surface area (Å²) in [4.78, 5) is 31.6. The molecular weight excluding hydrogens is 501 g/mol. The number of halogens is 1. The molecule has 0 aromatic carbocycles. The molecule has 1 aliphatic heterocycles. The van der Waals surface area contributed by atoms with Crippen LogP contribution in [0.2, 0.25) is 0 Å². The molecule has 0 radical (unpaired) electrons. The largest absolute Gasteiger partial charge is 0.368 e. The molecule has 38 heavy (non-hydrogen) atoms. The minimum absolute atomic E-state index is 0.0906. The van der Waals surface area contributed by atoms with Crippen molar-refractivity contribution in [2.24, 2.45) is 7.05 Å². The van der Waals surface area contributed by atoms with E-state index in [2.05, 4.69) is 57.8 Å². The van der Waals surface area contributed by atoms with Crippen molar-refractivity contribution in [1.82, 2.24) is 24.4 Å². The summed E-state index contributed by atoms with van der Waals surface area (Å²) in [5.41, 5.74) is 2.95. The third kappa shape index (κ3) is 4.90. The van der Waals surface area contributed by atoms with Crippen LogP contribution in [0.1, 0.15) is 44.7 Å². The first-order valence-electron chi connectivity index (χ1n) is 13.0. The molecule has 0 spiro atoms. The Morgan fingerprint density at radius 3 is 2.42 bits per heavy atom. The monoisotopic (exact) mass is 535 g/mol. The topological polar surface area (TPSA) is 79.2 Å². The number of hydrogen-bond acceptors (Lipinski definition) is 8. The van der Waals surface area contributed by atoms with Crippen molar-refractivity contribution in [3.8, 4) is 10.6 Å². The van der Waals surface area contributed by atoms with Crippen LogP contribution in [-0.2, 0) is 7.05 Å². The van der Waals surface area contributed by atoms with Crippen molar-refractivity contribution in [3.63, 3.8) is 0 Å². The summed E-state index contributed by atoms with van der Waals surface area (Å²) >= 11 is 1.41. The lowest BCUT2D eigenvalue weighted by Crippen LogP contribution is -2.48. The number of thiophene rings is 1. The summed E-state index contributed by atoms with van der Waals surface area (Å²) < 4.78 is 17.5. The van der Waals surface area contributed by atoms with Crippen LogP contribution in [0.5, 0.6) is 0 Å². The highest BCUT2D eigenvalue weighted by Crippen LogP contribution is 2.40. The lowest BCUT2D eigenvalue weighted by molar-refractivity contribution is 0.209. The summed E-state index contributed by atoms with van der Waals surface area (Å²) in [6.45, 7) is 14.5. The van der Waals surface area contributed by atoms with E-state index in [4.69, 9.17) is 0 Å². The average Bonchev–Trinajstić information content (AvgIpc) is 3.24. The van der Waals surface area contributed by atoms with Crippen LogP contribution < -0.4 is 15.8 Å². The zero-order valence-electron chi connectivity index (χ0n) is 22.7. The summed E-state index contributed by atoms with van der Waals surface area (Å²) in [6.07, 6.45) is 4.88. The number of pyridine rings is 2. The van der Waals surface area contributed by atoms with Gasteiger partial charge in [-0.2, -0.15) is 0 Å². The SMILES string of the molecule is Cc1c(-c2nc(Nc3ccc(N4CCN(C(C)C)CC4)cn3)ncc2F)sc2c(C(C)C)cn(C)c(=O)c12. The first-order chi connectivity index (χ1) is 18.1. The van der Waals surface area contributed by atoms with Gasteiger partial charge in [0.2, 0.25) is 5.95 Å². The van der Waals surface area contributed by atoms with Gasteiger partial charge in [0.05, 0.1) is 28.3 Å². The minimum Gasteiger partial charge on any atom is -0.368 e. The maximum absolute atomic E-state index is 15.0. The van der Waals surface area contributed by atoms with E-state index in [1.54, 1.807) is 11.6 Å². The van der Waals surface area contributed by atoms with Gasteiger partial charge in [0, 0.05) is 50.2 Å². The summed E-state index contributed by atoms with van der Waals surface area (Å²) in [7, 11) is 1.75. The number of rotatable bonds is 6. The molecule has 4 aromatic rings. The van der Waals surface area contributed by atoms with Crippen molar-refractivity contribution < 1.29 is 4.39 Å². The van der Waals surface area contributed by atoms with Gasteiger partial charge in [-0.25, -0.2) is 19.3 Å². The second-order valence-corrected chi connectivity index (χ2v) is 11.5. The van der Waals surface area contributed by atoms with Gasteiger partial charge in [0.1, 0.15) is 11.5 Å². The van der Waals surface area contributed by atoms with Crippen molar-refractivity contribution in [2.75, 3.05) is 36.4 Å². The standard InChI is InChI=1S/C28H34FN7OS/c1-16(2)20-15-34(6)27(37)23-18(5)25(38-26(20)23)24-21(29)14-31-28(33-24)32-22-8-7-19(13-30-22)36-11-9-35(10-12-36)17(3)4/h7-8,13-17H,9-12H2,1-6H3,(H,30,31,32,33). The third-order valence-electron chi connectivity index (χ3n) is 7.25. The summed E-state index contributed by atoms with van der Waals surface area (Å²) in [6, 6.07) is 4.48. The molecule has 5 rings (SSSR count). The van der Waals surface area contributed by atoms with E-state index in [0.29, 0.717) is 22.1 Å². The molecule has 5 heterocycles. The van der Waals surface area contributed by atoms with Gasteiger partial charge in [-0.1, -0.05) is 13.8 Å². The number of nitrogens with one attached hydrogen (secondary N) is 1.